The zero-order valence-corrected chi connectivity index (χ0v) is 15.0. The van der Waals surface area contributed by atoms with Crippen LogP contribution in [0.25, 0.3) is 0 Å². The molecule has 1 aliphatic heterocycles. The van der Waals surface area contributed by atoms with Crippen LogP contribution in [0, 0.1) is 23.4 Å². The quantitative estimate of drug-likeness (QED) is 0.334. The lowest BCUT2D eigenvalue weighted by molar-refractivity contribution is 0.0809. The highest BCUT2D eigenvalue weighted by atomic mass is 19.2. The van der Waals surface area contributed by atoms with E-state index in [-0.39, 0.29) is 5.46 Å². The molecule has 1 fully saturated rings. The van der Waals surface area contributed by atoms with Crippen molar-refractivity contribution in [3.05, 3.63) is 29.6 Å². The summed E-state index contributed by atoms with van der Waals surface area (Å²) in [5.41, 5.74) is 0.182. The molecule has 0 aliphatic carbocycles. The second-order valence-corrected chi connectivity index (χ2v) is 6.93. The van der Waals surface area contributed by atoms with Crippen LogP contribution in [0.1, 0.15) is 64.7 Å². The molecule has 0 saturated carbocycles. The maximum atomic E-state index is 13.3. The van der Waals surface area contributed by atoms with E-state index < -0.39 is 24.6 Å². The van der Waals surface area contributed by atoms with Gasteiger partial charge in [-0.3, -0.25) is 0 Å². The minimum atomic E-state index is -1.47. The van der Waals surface area contributed by atoms with E-state index in [4.69, 9.17) is 9.31 Å². The van der Waals surface area contributed by atoms with Gasteiger partial charge in [0.2, 0.25) is 0 Å². The number of rotatable bonds is 10. The van der Waals surface area contributed by atoms with Gasteiger partial charge in [0.15, 0.2) is 17.5 Å². The molecule has 2 rings (SSSR count). The highest BCUT2D eigenvalue weighted by molar-refractivity contribution is 6.61. The van der Waals surface area contributed by atoms with Crippen LogP contribution in [0.4, 0.5) is 13.2 Å². The molecule has 1 saturated heterocycles. The lowest BCUT2D eigenvalue weighted by Gasteiger charge is -2.27. The summed E-state index contributed by atoms with van der Waals surface area (Å²) < 4.78 is 50.7. The molecule has 2 nitrogen and oxygen atoms in total. The Kier molecular flexibility index (Phi) is 8.83. The first kappa shape index (κ1) is 20.3. The van der Waals surface area contributed by atoms with Crippen LogP contribution < -0.4 is 5.46 Å². The zero-order chi connectivity index (χ0) is 18.1. The molecule has 0 aromatic heterocycles. The van der Waals surface area contributed by atoms with Crippen LogP contribution in [0.5, 0.6) is 0 Å². The molecule has 25 heavy (non-hydrogen) atoms. The van der Waals surface area contributed by atoms with Crippen LogP contribution in [0.15, 0.2) is 12.1 Å². The molecular formula is C19H28BF3O2. The Morgan fingerprint density at radius 1 is 0.880 bits per heavy atom. The minimum absolute atomic E-state index is 0.182. The Morgan fingerprint density at radius 3 is 1.96 bits per heavy atom. The third-order valence-electron chi connectivity index (χ3n) is 4.71. The predicted molar refractivity (Wildman–Crippen MR) is 94.3 cm³/mol. The van der Waals surface area contributed by atoms with E-state index in [2.05, 4.69) is 6.92 Å². The van der Waals surface area contributed by atoms with E-state index in [0.29, 0.717) is 19.1 Å². The van der Waals surface area contributed by atoms with Crippen molar-refractivity contribution in [2.75, 3.05) is 13.2 Å². The van der Waals surface area contributed by atoms with Crippen LogP contribution in [0.2, 0.25) is 0 Å². The summed E-state index contributed by atoms with van der Waals surface area (Å²) in [5, 5.41) is 0. The van der Waals surface area contributed by atoms with Gasteiger partial charge in [0.05, 0.1) is 0 Å². The summed E-state index contributed by atoms with van der Waals surface area (Å²) in [5.74, 6) is -3.59. The molecule has 6 heteroatoms. The van der Waals surface area contributed by atoms with Gasteiger partial charge in [-0.25, -0.2) is 13.2 Å². The van der Waals surface area contributed by atoms with Gasteiger partial charge in [-0.05, 0) is 24.0 Å². The number of hydrogen-bond donors (Lipinski definition) is 0. The molecule has 0 bridgehead atoms. The SMILES string of the molecule is CCCCCCCCCCC1COB(c2cc(F)c(F)c(F)c2)OC1. The standard InChI is InChI=1S/C19H28BF3O2/c1-2-3-4-5-6-7-8-9-10-15-13-24-20(25-14-15)16-11-17(21)19(23)18(22)12-16/h11-12,15H,2-10,13-14H2,1H3. The second-order valence-electron chi connectivity index (χ2n) is 6.93. The number of benzene rings is 1. The highest BCUT2D eigenvalue weighted by Crippen LogP contribution is 2.18. The molecule has 0 amide bonds. The van der Waals surface area contributed by atoms with Gasteiger partial charge in [-0.2, -0.15) is 0 Å². The second kappa shape index (κ2) is 10.9. The maximum absolute atomic E-state index is 13.3. The molecule has 140 valence electrons. The molecular weight excluding hydrogens is 328 g/mol. The molecule has 1 aromatic rings. The number of unbranched alkanes of at least 4 members (excludes halogenated alkanes) is 7. The topological polar surface area (TPSA) is 18.5 Å². The summed E-state index contributed by atoms with van der Waals surface area (Å²) in [7, 11) is -0.820. The first-order valence-electron chi connectivity index (χ1n) is 9.49. The normalized spacial score (nSPS) is 15.8. The van der Waals surface area contributed by atoms with Crippen LogP contribution in [-0.4, -0.2) is 20.3 Å². The molecule has 0 unspecified atom stereocenters. The van der Waals surface area contributed by atoms with Gasteiger partial charge >= 0.3 is 7.12 Å². The molecule has 0 atom stereocenters. The number of halogens is 3. The Balaban J connectivity index is 1.62. The van der Waals surface area contributed by atoms with E-state index in [1.165, 1.54) is 44.9 Å². The zero-order valence-electron chi connectivity index (χ0n) is 15.0. The van der Waals surface area contributed by atoms with Crippen molar-refractivity contribution in [2.24, 2.45) is 5.92 Å². The summed E-state index contributed by atoms with van der Waals surface area (Å²) in [6.07, 6.45) is 11.3. The van der Waals surface area contributed by atoms with Gasteiger partial charge in [0, 0.05) is 19.1 Å². The number of hydrogen-bond acceptors (Lipinski definition) is 2. The van der Waals surface area contributed by atoms with Gasteiger partial charge in [-0.15, -0.1) is 0 Å². The predicted octanol–water partition coefficient (Wildman–Crippen LogP) is 4.99. The largest absolute Gasteiger partial charge is 0.494 e. The van der Waals surface area contributed by atoms with Crippen molar-refractivity contribution in [2.45, 2.75) is 64.7 Å². The average Bonchev–Trinajstić information content (AvgIpc) is 2.62. The van der Waals surface area contributed by atoms with Crippen molar-refractivity contribution < 1.29 is 22.5 Å². The van der Waals surface area contributed by atoms with Crippen LogP contribution in [0.3, 0.4) is 0 Å². The highest BCUT2D eigenvalue weighted by Gasteiger charge is 2.30. The van der Waals surface area contributed by atoms with E-state index in [9.17, 15) is 13.2 Å². The van der Waals surface area contributed by atoms with Crippen molar-refractivity contribution in [3.8, 4) is 0 Å². The molecule has 1 aromatic carbocycles. The van der Waals surface area contributed by atoms with E-state index in [1.807, 2.05) is 0 Å². The Morgan fingerprint density at radius 2 is 1.40 bits per heavy atom. The monoisotopic (exact) mass is 356 g/mol. The Labute approximate surface area is 149 Å². The Hall–Kier alpha value is -1.01. The summed E-state index contributed by atoms with van der Waals surface area (Å²) >= 11 is 0. The molecule has 1 aliphatic rings. The van der Waals surface area contributed by atoms with Crippen LogP contribution >= 0.6 is 0 Å². The molecule has 0 spiro atoms. The van der Waals surface area contributed by atoms with Gasteiger partial charge in [0.1, 0.15) is 0 Å². The summed E-state index contributed by atoms with van der Waals surface area (Å²) in [6.45, 7) is 3.23. The molecule has 0 N–H and O–H groups in total. The lowest BCUT2D eigenvalue weighted by Crippen LogP contribution is -2.44. The third kappa shape index (κ3) is 6.67. The van der Waals surface area contributed by atoms with Crippen molar-refractivity contribution >= 4 is 12.6 Å². The van der Waals surface area contributed by atoms with E-state index in [1.54, 1.807) is 0 Å². The van der Waals surface area contributed by atoms with Crippen molar-refractivity contribution in [1.29, 1.82) is 0 Å². The first-order chi connectivity index (χ1) is 12.1. The fourth-order valence-corrected chi connectivity index (χ4v) is 3.18. The lowest BCUT2D eigenvalue weighted by atomic mass is 9.77. The summed E-state index contributed by atoms with van der Waals surface area (Å²) in [6, 6.07) is 1.86. The van der Waals surface area contributed by atoms with Gasteiger partial charge in [0.25, 0.3) is 0 Å². The van der Waals surface area contributed by atoms with E-state index >= 15 is 0 Å². The molecule has 0 radical (unpaired) electrons. The molecule has 1 heterocycles. The van der Waals surface area contributed by atoms with Crippen LogP contribution in [-0.2, 0) is 9.31 Å². The van der Waals surface area contributed by atoms with Crippen molar-refractivity contribution in [1.82, 2.24) is 0 Å². The fourth-order valence-electron chi connectivity index (χ4n) is 3.18. The van der Waals surface area contributed by atoms with E-state index in [0.717, 1.165) is 25.0 Å². The fraction of sp³-hybridized carbons (Fsp3) is 0.684. The van der Waals surface area contributed by atoms with Gasteiger partial charge in [-0.1, -0.05) is 58.3 Å². The maximum Gasteiger partial charge on any atom is 0.494 e. The summed E-state index contributed by atoms with van der Waals surface area (Å²) in [4.78, 5) is 0. The third-order valence-corrected chi connectivity index (χ3v) is 4.71. The minimum Gasteiger partial charge on any atom is -0.407 e. The Bertz CT molecular complexity index is 496. The van der Waals surface area contributed by atoms with Crippen molar-refractivity contribution in [3.63, 3.8) is 0 Å². The first-order valence-corrected chi connectivity index (χ1v) is 9.49. The van der Waals surface area contributed by atoms with Gasteiger partial charge < -0.3 is 9.31 Å². The smallest absolute Gasteiger partial charge is 0.407 e. The average molecular weight is 356 g/mol.